The van der Waals surface area contributed by atoms with Crippen molar-refractivity contribution in [3.05, 3.63) is 61.8 Å². The molecule has 50 heavy (non-hydrogen) atoms. The highest BCUT2D eigenvalue weighted by molar-refractivity contribution is 7.89. The number of likely N-dealkylation sites (N-methyl/N-ethyl adjacent to an activating group) is 1. The van der Waals surface area contributed by atoms with Gasteiger partial charge in [-0.25, -0.2) is 21.9 Å². The van der Waals surface area contributed by atoms with Gasteiger partial charge >= 0.3 is 5.63 Å². The van der Waals surface area contributed by atoms with Gasteiger partial charge in [-0.1, -0.05) is 0 Å². The number of methoxy groups -OCH3 is 1. The monoisotopic (exact) mass is 712 g/mol. The molecular formula is C35H45FN6O7S. The van der Waals surface area contributed by atoms with Crippen LogP contribution in [0.3, 0.4) is 0 Å². The summed E-state index contributed by atoms with van der Waals surface area (Å²) in [7, 11) is 1.87. The number of piperazine rings is 1. The van der Waals surface area contributed by atoms with Crippen LogP contribution in [0.25, 0.3) is 11.0 Å². The van der Waals surface area contributed by atoms with Gasteiger partial charge in [-0.2, -0.15) is 0 Å². The summed E-state index contributed by atoms with van der Waals surface area (Å²) in [6, 6.07) is 3.32. The number of primary amides is 1. The maximum absolute atomic E-state index is 16.7. The number of hydrogen-bond donors (Lipinski definition) is 1. The first kappa shape index (κ1) is 35.8. The molecule has 4 heterocycles. The number of fused-ring (bicyclic) bond motifs is 3. The molecule has 2 saturated heterocycles. The molecule has 2 N–H and O–H groups in total. The summed E-state index contributed by atoms with van der Waals surface area (Å²) in [5.41, 5.74) is 8.10. The summed E-state index contributed by atoms with van der Waals surface area (Å²) < 4.78 is 56.0. The lowest BCUT2D eigenvalue weighted by Gasteiger charge is -2.41. The van der Waals surface area contributed by atoms with Crippen molar-refractivity contribution in [2.75, 3.05) is 83.9 Å². The lowest BCUT2D eigenvalue weighted by molar-refractivity contribution is 0.0723. The van der Waals surface area contributed by atoms with Gasteiger partial charge in [0.1, 0.15) is 5.58 Å². The van der Waals surface area contributed by atoms with Gasteiger partial charge in [0, 0.05) is 77.1 Å². The zero-order valence-electron chi connectivity index (χ0n) is 29.5. The number of rotatable bonds is 8. The molecular weight excluding hydrogens is 667 g/mol. The molecule has 3 aliphatic rings. The third-order valence-electron chi connectivity index (χ3n) is 10.4. The first-order valence-corrected chi connectivity index (χ1v) is 18.3. The Balaban J connectivity index is 1.42. The minimum absolute atomic E-state index is 0.0965. The number of halogens is 1. The van der Waals surface area contributed by atoms with Crippen LogP contribution in [0.15, 0.2) is 26.2 Å². The van der Waals surface area contributed by atoms with E-state index in [0.29, 0.717) is 25.3 Å². The molecule has 2 fully saturated rings. The van der Waals surface area contributed by atoms with Gasteiger partial charge in [-0.15, -0.1) is 0 Å². The summed E-state index contributed by atoms with van der Waals surface area (Å²) >= 11 is 0. The Morgan fingerprint density at radius 2 is 1.76 bits per heavy atom. The molecule has 2 amide bonds. The third-order valence-corrected chi connectivity index (χ3v) is 12.3. The van der Waals surface area contributed by atoms with Crippen LogP contribution in [0.4, 0.5) is 15.8 Å². The van der Waals surface area contributed by atoms with Crippen molar-refractivity contribution in [3.63, 3.8) is 0 Å². The molecule has 1 unspecified atom stereocenters. The van der Waals surface area contributed by atoms with Crippen LogP contribution in [0.2, 0.25) is 0 Å². The molecule has 270 valence electrons. The highest BCUT2D eigenvalue weighted by atomic mass is 32.2. The Bertz CT molecular complexity index is 2040. The fourth-order valence-corrected chi connectivity index (χ4v) is 8.70. The van der Waals surface area contributed by atoms with Gasteiger partial charge in [-0.05, 0) is 63.4 Å². The highest BCUT2D eigenvalue weighted by Gasteiger charge is 2.38. The van der Waals surface area contributed by atoms with Gasteiger partial charge in [0.15, 0.2) is 5.82 Å². The quantitative estimate of drug-likeness (QED) is 0.345. The standard InChI is InChI=1S/C35H45FN6O7S/c1-20-15-26(41-14-13-39(5)22(17-41)19-48-6)21(2)32-28(20)23-9-12-42(18-25(23)35(45)49-32)34(44)29-27(50(46,47)38(3)4)16-24(33(37)43)31(30(29)36)40-10-7-8-11-40/h15-16,22H,7-14,17-19H2,1-6H3,(H2,37,43). The number of aryl methyl sites for hydroxylation is 2. The smallest absolute Gasteiger partial charge is 0.341 e. The molecule has 15 heteroatoms. The fourth-order valence-electron chi connectivity index (χ4n) is 7.60. The molecule has 1 atom stereocenters. The average Bonchev–Trinajstić information content (AvgIpc) is 3.61. The Kier molecular flexibility index (Phi) is 9.72. The Morgan fingerprint density at radius 1 is 1.06 bits per heavy atom. The van der Waals surface area contributed by atoms with Crippen molar-refractivity contribution in [1.29, 1.82) is 0 Å². The zero-order chi connectivity index (χ0) is 36.2. The van der Waals surface area contributed by atoms with Crippen LogP contribution in [0, 0.1) is 19.7 Å². The van der Waals surface area contributed by atoms with E-state index >= 15 is 4.39 Å². The molecule has 0 aliphatic carbocycles. The minimum Gasteiger partial charge on any atom is -0.422 e. The SMILES string of the molecule is COCC1CN(c2cc(C)c3c4c(c(=O)oc3c2C)CN(C(=O)c2c(S(=O)(=O)N(C)C)cc(C(N)=O)c(N3CCCC3)c2F)CC4)CCN1C. The van der Waals surface area contributed by atoms with Gasteiger partial charge in [0.05, 0.1) is 46.5 Å². The number of carbonyl (C=O) groups excluding carboxylic acids is 2. The van der Waals surface area contributed by atoms with Crippen molar-refractivity contribution in [2.45, 2.75) is 50.6 Å². The summed E-state index contributed by atoms with van der Waals surface area (Å²) in [4.78, 5) is 47.3. The molecule has 13 nitrogen and oxygen atoms in total. The van der Waals surface area contributed by atoms with Crippen molar-refractivity contribution in [3.8, 4) is 0 Å². The Morgan fingerprint density at radius 3 is 2.40 bits per heavy atom. The second-order valence-electron chi connectivity index (χ2n) is 13.7. The number of hydrogen-bond acceptors (Lipinski definition) is 10. The van der Waals surface area contributed by atoms with E-state index in [1.807, 2.05) is 13.8 Å². The van der Waals surface area contributed by atoms with Gasteiger partial charge in [0.25, 0.3) is 11.8 Å². The predicted octanol–water partition coefficient (Wildman–Crippen LogP) is 2.46. The third kappa shape index (κ3) is 6.03. The summed E-state index contributed by atoms with van der Waals surface area (Å²) in [6.45, 7) is 7.64. The molecule has 6 rings (SSSR count). The van der Waals surface area contributed by atoms with Crippen molar-refractivity contribution in [1.82, 2.24) is 14.1 Å². The number of nitrogens with zero attached hydrogens (tertiary/aromatic N) is 5. The largest absolute Gasteiger partial charge is 0.422 e. The second-order valence-corrected chi connectivity index (χ2v) is 15.8. The normalized spacial score (nSPS) is 18.7. The van der Waals surface area contributed by atoms with Crippen molar-refractivity contribution >= 4 is 44.2 Å². The lowest BCUT2D eigenvalue weighted by atomic mass is 9.92. The van der Waals surface area contributed by atoms with Gasteiger partial charge < -0.3 is 29.6 Å². The first-order valence-electron chi connectivity index (χ1n) is 16.8. The van der Waals surface area contributed by atoms with Gasteiger partial charge in [0.2, 0.25) is 10.0 Å². The molecule has 0 saturated carbocycles. The maximum atomic E-state index is 16.7. The predicted molar refractivity (Wildman–Crippen MR) is 188 cm³/mol. The highest BCUT2D eigenvalue weighted by Crippen LogP contribution is 2.38. The number of nitrogens with two attached hydrogens (primary N) is 1. The van der Waals surface area contributed by atoms with Crippen LogP contribution in [0.5, 0.6) is 0 Å². The van der Waals surface area contributed by atoms with Crippen LogP contribution in [-0.4, -0.2) is 115 Å². The number of carbonyl (C=O) groups is 2. The van der Waals surface area contributed by atoms with E-state index in [2.05, 4.69) is 22.9 Å². The zero-order valence-corrected chi connectivity index (χ0v) is 30.3. The van der Waals surface area contributed by atoms with Crippen LogP contribution in [0.1, 0.15) is 55.8 Å². The Hall–Kier alpha value is -4.05. The maximum Gasteiger partial charge on any atom is 0.341 e. The van der Waals surface area contributed by atoms with E-state index < -0.39 is 43.7 Å². The first-order chi connectivity index (χ1) is 23.7. The van der Waals surface area contributed by atoms with Crippen molar-refractivity contribution in [2.24, 2.45) is 5.73 Å². The average molecular weight is 713 g/mol. The van der Waals surface area contributed by atoms with E-state index in [1.165, 1.54) is 19.0 Å². The summed E-state index contributed by atoms with van der Waals surface area (Å²) in [5.74, 6) is -3.04. The number of benzene rings is 2. The number of amides is 2. The molecule has 0 radical (unpaired) electrons. The number of sulfonamides is 1. The van der Waals surface area contributed by atoms with E-state index in [1.54, 1.807) is 12.0 Å². The molecule has 3 aromatic rings. The van der Waals surface area contributed by atoms with Crippen LogP contribution in [-0.2, 0) is 27.7 Å². The van der Waals surface area contributed by atoms with Crippen LogP contribution < -0.4 is 21.2 Å². The molecule has 0 bridgehead atoms. The van der Waals surface area contributed by atoms with E-state index in [0.717, 1.165) is 70.6 Å². The van der Waals surface area contributed by atoms with E-state index in [9.17, 15) is 22.8 Å². The second kappa shape index (κ2) is 13.6. The van der Waals surface area contributed by atoms with E-state index in [4.69, 9.17) is 14.9 Å². The van der Waals surface area contributed by atoms with Crippen molar-refractivity contribution < 1.29 is 31.6 Å². The Labute approximate surface area is 291 Å². The molecule has 0 spiro atoms. The van der Waals surface area contributed by atoms with E-state index in [-0.39, 0.29) is 42.4 Å². The number of ether oxygens (including phenoxy) is 1. The summed E-state index contributed by atoms with van der Waals surface area (Å²) in [5, 5.41) is 0.805. The molecule has 2 aromatic carbocycles. The summed E-state index contributed by atoms with van der Waals surface area (Å²) in [6.07, 6.45) is 1.73. The van der Waals surface area contributed by atoms with Gasteiger partial charge in [-0.3, -0.25) is 14.5 Å². The topological polar surface area (TPSA) is 150 Å². The molecule has 1 aromatic heterocycles. The molecule has 3 aliphatic heterocycles. The number of anilines is 2. The lowest BCUT2D eigenvalue weighted by Crippen LogP contribution is -2.53. The van der Waals surface area contributed by atoms with Crippen LogP contribution >= 0.6 is 0 Å². The fraction of sp³-hybridized carbons (Fsp3) is 0.514. The minimum atomic E-state index is -4.42.